The summed E-state index contributed by atoms with van der Waals surface area (Å²) in [7, 11) is -6.71. The predicted molar refractivity (Wildman–Crippen MR) is 157 cm³/mol. The quantitative estimate of drug-likeness (QED) is 0.253. The molecule has 0 spiro atoms. The number of benzene rings is 3. The van der Waals surface area contributed by atoms with Crippen LogP contribution in [0.3, 0.4) is 0 Å². The molecule has 1 heterocycles. The molecule has 0 aliphatic carbocycles. The first-order valence-corrected chi connectivity index (χ1v) is 16.5. The highest BCUT2D eigenvalue weighted by molar-refractivity contribution is 7.89. The Morgan fingerprint density at radius 2 is 1.44 bits per heavy atom. The minimum absolute atomic E-state index is 0.0384. The van der Waals surface area contributed by atoms with Crippen LogP contribution in [0.5, 0.6) is 0 Å². The number of furan rings is 1. The van der Waals surface area contributed by atoms with Crippen LogP contribution >= 0.6 is 0 Å². The SMILES string of the molecule is Cc1ccc(S(=O)(=O)N[C@H](C[C@H](O)CO[Si](c2ccccc2)(c2ccccc2)C(C)(C)C)c2ccco2)cc1. The van der Waals surface area contributed by atoms with Crippen LogP contribution in [-0.2, 0) is 14.4 Å². The Kier molecular flexibility index (Phi) is 8.93. The van der Waals surface area contributed by atoms with Gasteiger partial charge in [-0.15, -0.1) is 0 Å². The normalized spacial score (nSPS) is 14.2. The molecule has 39 heavy (non-hydrogen) atoms. The van der Waals surface area contributed by atoms with Crippen LogP contribution in [0, 0.1) is 6.92 Å². The molecule has 206 valence electrons. The maximum absolute atomic E-state index is 13.2. The first-order chi connectivity index (χ1) is 18.5. The summed E-state index contributed by atoms with van der Waals surface area (Å²) in [6.45, 7) is 8.46. The minimum Gasteiger partial charge on any atom is -0.468 e. The summed E-state index contributed by atoms with van der Waals surface area (Å²) < 4.78 is 41.5. The smallest absolute Gasteiger partial charge is 0.261 e. The van der Waals surface area contributed by atoms with E-state index in [1.807, 2.05) is 43.3 Å². The van der Waals surface area contributed by atoms with Crippen molar-refractivity contribution in [2.75, 3.05) is 6.61 Å². The molecule has 3 aromatic carbocycles. The summed E-state index contributed by atoms with van der Waals surface area (Å²) in [5, 5.41) is 13.2. The highest BCUT2D eigenvalue weighted by Gasteiger charge is 2.50. The van der Waals surface area contributed by atoms with Gasteiger partial charge in [0, 0.05) is 0 Å². The molecule has 1 aromatic heterocycles. The van der Waals surface area contributed by atoms with Crippen molar-refractivity contribution in [3.8, 4) is 0 Å². The molecule has 0 amide bonds. The van der Waals surface area contributed by atoms with E-state index < -0.39 is 30.5 Å². The zero-order chi connectivity index (χ0) is 28.1. The lowest BCUT2D eigenvalue weighted by Gasteiger charge is -2.43. The minimum atomic E-state index is -3.85. The molecule has 0 aliphatic heterocycles. The molecule has 0 fully saturated rings. The number of aliphatic hydroxyl groups is 1. The average Bonchev–Trinajstić information content (AvgIpc) is 3.45. The zero-order valence-corrected chi connectivity index (χ0v) is 24.7. The topological polar surface area (TPSA) is 88.8 Å². The average molecular weight is 564 g/mol. The number of hydrogen-bond acceptors (Lipinski definition) is 5. The standard InChI is InChI=1S/C31H37NO5SSi/c1-24-17-19-26(20-18-24)38(34,35)32-29(30-16-11-21-36-30)22-25(33)23-37-39(31(2,3)4,27-12-7-5-8-13-27)28-14-9-6-10-15-28/h5-21,25,29,32-33H,22-23H2,1-4H3/t25-,29+/m0/s1. The van der Waals surface area contributed by atoms with Crippen LogP contribution in [0.1, 0.15) is 44.6 Å². The van der Waals surface area contributed by atoms with Crippen LogP contribution in [0.4, 0.5) is 0 Å². The van der Waals surface area contributed by atoms with Crippen LogP contribution in [0.25, 0.3) is 0 Å². The molecular formula is C31H37NO5SSi. The van der Waals surface area contributed by atoms with E-state index in [-0.39, 0.29) is 23.0 Å². The van der Waals surface area contributed by atoms with Crippen LogP contribution < -0.4 is 15.1 Å². The Labute approximate surface area is 232 Å². The molecule has 0 saturated carbocycles. The second-order valence-corrected chi connectivity index (χ2v) is 16.9. The van der Waals surface area contributed by atoms with Gasteiger partial charge >= 0.3 is 0 Å². The van der Waals surface area contributed by atoms with Gasteiger partial charge in [-0.05, 0) is 53.0 Å². The van der Waals surface area contributed by atoms with Crippen molar-refractivity contribution in [3.63, 3.8) is 0 Å². The van der Waals surface area contributed by atoms with Gasteiger partial charge < -0.3 is 13.9 Å². The van der Waals surface area contributed by atoms with Gasteiger partial charge in [0.25, 0.3) is 8.32 Å². The van der Waals surface area contributed by atoms with E-state index in [0.29, 0.717) is 5.76 Å². The highest BCUT2D eigenvalue weighted by atomic mass is 32.2. The zero-order valence-electron chi connectivity index (χ0n) is 22.9. The fourth-order valence-corrected chi connectivity index (χ4v) is 10.8. The molecule has 6 nitrogen and oxygen atoms in total. The van der Waals surface area contributed by atoms with Crippen molar-refractivity contribution in [2.45, 2.75) is 56.2 Å². The van der Waals surface area contributed by atoms with Crippen molar-refractivity contribution in [1.82, 2.24) is 4.72 Å². The number of aryl methyl sites for hydroxylation is 1. The Hall–Kier alpha value is -3.01. The van der Waals surface area contributed by atoms with Crippen LogP contribution in [0.2, 0.25) is 5.04 Å². The third-order valence-electron chi connectivity index (χ3n) is 6.93. The molecule has 0 unspecified atom stereocenters. The van der Waals surface area contributed by atoms with Crippen LogP contribution in [-0.4, -0.2) is 34.6 Å². The third-order valence-corrected chi connectivity index (χ3v) is 13.4. The monoisotopic (exact) mass is 563 g/mol. The fraction of sp³-hybridized carbons (Fsp3) is 0.290. The summed E-state index contributed by atoms with van der Waals surface area (Å²) in [4.78, 5) is 0.155. The Bertz CT molecular complexity index is 1380. The molecular weight excluding hydrogens is 526 g/mol. The molecule has 0 aliphatic rings. The number of hydrogen-bond donors (Lipinski definition) is 2. The van der Waals surface area contributed by atoms with E-state index in [1.165, 1.54) is 6.26 Å². The van der Waals surface area contributed by atoms with E-state index in [9.17, 15) is 13.5 Å². The van der Waals surface area contributed by atoms with Gasteiger partial charge in [0.15, 0.2) is 0 Å². The van der Waals surface area contributed by atoms with Gasteiger partial charge in [-0.1, -0.05) is 99.1 Å². The molecule has 0 radical (unpaired) electrons. The van der Waals surface area contributed by atoms with Crippen molar-refractivity contribution in [3.05, 3.63) is 115 Å². The summed E-state index contributed by atoms with van der Waals surface area (Å²) in [5.74, 6) is 0.426. The predicted octanol–water partition coefficient (Wildman–Crippen LogP) is 4.94. The van der Waals surface area contributed by atoms with Crippen molar-refractivity contribution < 1.29 is 22.4 Å². The highest BCUT2D eigenvalue weighted by Crippen LogP contribution is 2.37. The van der Waals surface area contributed by atoms with E-state index in [4.69, 9.17) is 8.84 Å². The van der Waals surface area contributed by atoms with Gasteiger partial charge in [-0.25, -0.2) is 13.1 Å². The summed E-state index contributed by atoms with van der Waals surface area (Å²) in [6, 6.07) is 29.7. The number of aliphatic hydroxyl groups excluding tert-OH is 1. The summed E-state index contributed by atoms with van der Waals surface area (Å²) in [6.07, 6.45) is 0.618. The lowest BCUT2D eigenvalue weighted by molar-refractivity contribution is 0.0856. The van der Waals surface area contributed by atoms with E-state index >= 15 is 0 Å². The van der Waals surface area contributed by atoms with E-state index in [2.05, 4.69) is 49.8 Å². The van der Waals surface area contributed by atoms with Crippen molar-refractivity contribution in [2.24, 2.45) is 0 Å². The molecule has 8 heteroatoms. The van der Waals surface area contributed by atoms with Gasteiger partial charge in [-0.3, -0.25) is 0 Å². The van der Waals surface area contributed by atoms with Gasteiger partial charge in [-0.2, -0.15) is 0 Å². The molecule has 4 rings (SSSR count). The molecule has 2 atom stereocenters. The van der Waals surface area contributed by atoms with Gasteiger partial charge in [0.2, 0.25) is 10.0 Å². The molecule has 0 bridgehead atoms. The maximum atomic E-state index is 13.2. The number of nitrogens with one attached hydrogen (secondary N) is 1. The second kappa shape index (κ2) is 12.0. The molecule has 0 saturated heterocycles. The lowest BCUT2D eigenvalue weighted by Crippen LogP contribution is -2.67. The fourth-order valence-electron chi connectivity index (χ4n) is 5.01. The first-order valence-electron chi connectivity index (χ1n) is 13.1. The lowest BCUT2D eigenvalue weighted by atomic mass is 10.1. The maximum Gasteiger partial charge on any atom is 0.261 e. The van der Waals surface area contributed by atoms with Gasteiger partial charge in [0.1, 0.15) is 5.76 Å². The summed E-state index contributed by atoms with van der Waals surface area (Å²) >= 11 is 0. The van der Waals surface area contributed by atoms with E-state index in [0.717, 1.165) is 15.9 Å². The Morgan fingerprint density at radius 3 is 1.92 bits per heavy atom. The van der Waals surface area contributed by atoms with Crippen molar-refractivity contribution in [1.29, 1.82) is 0 Å². The van der Waals surface area contributed by atoms with Gasteiger partial charge in [0.05, 0.1) is 29.9 Å². The molecule has 4 aromatic rings. The largest absolute Gasteiger partial charge is 0.468 e. The Morgan fingerprint density at radius 1 is 0.872 bits per heavy atom. The second-order valence-electron chi connectivity index (χ2n) is 10.9. The number of rotatable bonds is 11. The number of sulfonamides is 1. The third kappa shape index (κ3) is 6.59. The molecule has 2 N–H and O–H groups in total. The Balaban J connectivity index is 1.60. The first kappa shape index (κ1) is 29.0. The van der Waals surface area contributed by atoms with Crippen LogP contribution in [0.15, 0.2) is 113 Å². The summed E-state index contributed by atoms with van der Waals surface area (Å²) in [5.41, 5.74) is 0.965. The van der Waals surface area contributed by atoms with E-state index in [1.54, 1.807) is 36.4 Å². The van der Waals surface area contributed by atoms with Crippen molar-refractivity contribution >= 4 is 28.7 Å².